The Hall–Kier alpha value is -0.640. The number of rotatable bonds is 38. The first-order chi connectivity index (χ1) is 21.3. The van der Waals surface area contributed by atoms with Crippen molar-refractivity contribution in [2.45, 2.75) is 45.4 Å². The highest BCUT2D eigenvalue weighted by Gasteiger charge is 2.02. The predicted molar refractivity (Wildman–Crippen MR) is 163 cm³/mol. The van der Waals surface area contributed by atoms with Gasteiger partial charge in [0.2, 0.25) is 0 Å². The normalized spacial score (nSPS) is 11.4. The van der Waals surface area contributed by atoms with Crippen LogP contribution in [-0.4, -0.2) is 151 Å². The van der Waals surface area contributed by atoms with E-state index in [-0.39, 0.29) is 12.6 Å². The molecule has 0 saturated carbocycles. The van der Waals surface area contributed by atoms with Gasteiger partial charge in [-0.1, -0.05) is 32.6 Å². The molecule has 0 aromatic carbocycles. The molecule has 0 saturated heterocycles. The predicted octanol–water partition coefficient (Wildman–Crippen LogP) is 3.29. The number of halogens is 1. The minimum absolute atomic E-state index is 0.147. The molecule has 0 rings (SSSR count). The van der Waals surface area contributed by atoms with Crippen LogP contribution >= 0.6 is 11.6 Å². The van der Waals surface area contributed by atoms with Crippen LogP contribution in [0.15, 0.2) is 0 Å². The van der Waals surface area contributed by atoms with E-state index in [4.69, 9.17) is 63.7 Å². The van der Waals surface area contributed by atoms with Gasteiger partial charge in [-0.15, -0.1) is 11.6 Å². The SMILES string of the molecule is CCCCCCCC(=O)OCCOCCOCCOCCOCCOCCOCCOCCOCCOCCOCCCl. The maximum atomic E-state index is 11.6. The van der Waals surface area contributed by atoms with E-state index >= 15 is 0 Å². The second-order valence-corrected chi connectivity index (χ2v) is 9.58. The Bertz CT molecular complexity index is 533. The number of carbonyl (C=O) groups excluding carboxylic acids is 1. The summed E-state index contributed by atoms with van der Waals surface area (Å²) in [4.78, 5) is 11.6. The molecule has 0 radical (unpaired) electrons. The number of hydrogen-bond donors (Lipinski definition) is 0. The van der Waals surface area contributed by atoms with Crippen molar-refractivity contribution < 1.29 is 56.9 Å². The summed E-state index contributed by atoms with van der Waals surface area (Å²) in [5.74, 6) is 0.349. The van der Waals surface area contributed by atoms with Gasteiger partial charge in [-0.25, -0.2) is 0 Å². The Labute approximate surface area is 264 Å². The highest BCUT2D eigenvalue weighted by atomic mass is 35.5. The van der Waals surface area contributed by atoms with E-state index < -0.39 is 0 Å². The van der Waals surface area contributed by atoms with Crippen molar-refractivity contribution in [2.75, 3.05) is 145 Å². The summed E-state index contributed by atoms with van der Waals surface area (Å²) in [7, 11) is 0. The van der Waals surface area contributed by atoms with Crippen molar-refractivity contribution in [3.05, 3.63) is 0 Å². The van der Waals surface area contributed by atoms with Crippen LogP contribution < -0.4 is 0 Å². The van der Waals surface area contributed by atoms with Gasteiger partial charge >= 0.3 is 5.97 Å². The van der Waals surface area contributed by atoms with Crippen molar-refractivity contribution in [2.24, 2.45) is 0 Å². The minimum Gasteiger partial charge on any atom is -0.463 e. The maximum Gasteiger partial charge on any atom is 0.305 e. The minimum atomic E-state index is -0.147. The van der Waals surface area contributed by atoms with Crippen LogP contribution in [0, 0.1) is 0 Å². The van der Waals surface area contributed by atoms with Crippen molar-refractivity contribution in [3.63, 3.8) is 0 Å². The molecule has 43 heavy (non-hydrogen) atoms. The van der Waals surface area contributed by atoms with Crippen molar-refractivity contribution in [1.29, 1.82) is 0 Å². The van der Waals surface area contributed by atoms with Gasteiger partial charge < -0.3 is 52.1 Å². The number of esters is 1. The number of hydrogen-bond acceptors (Lipinski definition) is 12. The second-order valence-electron chi connectivity index (χ2n) is 9.20. The Morgan fingerprint density at radius 1 is 0.395 bits per heavy atom. The Morgan fingerprint density at radius 3 is 0.977 bits per heavy atom. The van der Waals surface area contributed by atoms with Crippen molar-refractivity contribution >= 4 is 17.6 Å². The van der Waals surface area contributed by atoms with Gasteiger partial charge in [-0.2, -0.15) is 0 Å². The molecule has 0 aromatic heterocycles. The molecular formula is C30H59ClO12. The molecule has 0 aliphatic rings. The average Bonchev–Trinajstić information content (AvgIpc) is 3.01. The van der Waals surface area contributed by atoms with Gasteiger partial charge in [-0.05, 0) is 6.42 Å². The molecule has 0 heterocycles. The first-order valence-electron chi connectivity index (χ1n) is 15.8. The Balaban J connectivity index is 3.08. The van der Waals surface area contributed by atoms with Crippen LogP contribution in [0.5, 0.6) is 0 Å². The molecule has 0 aliphatic carbocycles. The molecule has 0 amide bonds. The van der Waals surface area contributed by atoms with Crippen LogP contribution in [0.3, 0.4) is 0 Å². The summed E-state index contributed by atoms with van der Waals surface area (Å²) in [5.41, 5.74) is 0. The van der Waals surface area contributed by atoms with E-state index in [2.05, 4.69) is 6.92 Å². The molecular weight excluding hydrogens is 588 g/mol. The summed E-state index contributed by atoms with van der Waals surface area (Å²) < 4.78 is 59.3. The van der Waals surface area contributed by atoms with E-state index in [0.29, 0.717) is 144 Å². The van der Waals surface area contributed by atoms with Gasteiger partial charge in [0.25, 0.3) is 0 Å². The third-order valence-electron chi connectivity index (χ3n) is 5.54. The quantitative estimate of drug-likeness (QED) is 0.0556. The lowest BCUT2D eigenvalue weighted by molar-refractivity contribution is -0.145. The summed E-state index contributed by atoms with van der Waals surface area (Å²) in [6.45, 7) is 12.5. The first-order valence-corrected chi connectivity index (χ1v) is 16.3. The summed E-state index contributed by atoms with van der Waals surface area (Å²) in [5, 5.41) is 0. The Morgan fingerprint density at radius 2 is 0.674 bits per heavy atom. The molecule has 0 aromatic rings. The molecule has 13 heteroatoms. The first kappa shape index (κ1) is 42.4. The van der Waals surface area contributed by atoms with Crippen LogP contribution in [-0.2, 0) is 56.9 Å². The molecule has 0 fully saturated rings. The summed E-state index contributed by atoms with van der Waals surface area (Å²) in [6, 6.07) is 0. The lowest BCUT2D eigenvalue weighted by Gasteiger charge is -2.09. The van der Waals surface area contributed by atoms with Crippen LogP contribution in [0.1, 0.15) is 45.4 Å². The van der Waals surface area contributed by atoms with E-state index in [1.807, 2.05) is 0 Å². The number of ether oxygens (including phenoxy) is 11. The zero-order chi connectivity index (χ0) is 31.2. The highest BCUT2D eigenvalue weighted by Crippen LogP contribution is 2.05. The zero-order valence-electron chi connectivity index (χ0n) is 26.6. The topological polar surface area (TPSA) is 119 Å². The van der Waals surface area contributed by atoms with Gasteiger partial charge in [0.1, 0.15) is 6.61 Å². The number of unbranched alkanes of at least 4 members (excludes halogenated alkanes) is 4. The fourth-order valence-corrected chi connectivity index (χ4v) is 3.40. The monoisotopic (exact) mass is 646 g/mol. The number of alkyl halides is 1. The van der Waals surface area contributed by atoms with Gasteiger partial charge in [0, 0.05) is 12.3 Å². The van der Waals surface area contributed by atoms with Crippen LogP contribution in [0.4, 0.5) is 0 Å². The van der Waals surface area contributed by atoms with Crippen molar-refractivity contribution in [3.8, 4) is 0 Å². The smallest absolute Gasteiger partial charge is 0.305 e. The molecule has 0 spiro atoms. The largest absolute Gasteiger partial charge is 0.463 e. The van der Waals surface area contributed by atoms with E-state index in [1.54, 1.807) is 0 Å². The standard InChI is InChI=1S/C30H59ClO12/c1-2-3-4-5-6-7-30(32)43-29-28-42-27-26-41-25-24-40-23-22-39-21-20-38-19-18-37-17-16-36-15-14-35-13-12-34-11-10-33-9-8-31/h2-29H2,1H3. The molecule has 0 unspecified atom stereocenters. The summed E-state index contributed by atoms with van der Waals surface area (Å²) >= 11 is 5.51. The molecule has 12 nitrogen and oxygen atoms in total. The van der Waals surface area contributed by atoms with E-state index in [0.717, 1.165) is 12.8 Å². The molecule has 0 bridgehead atoms. The lowest BCUT2D eigenvalue weighted by Crippen LogP contribution is -2.15. The number of carbonyl (C=O) groups is 1. The fraction of sp³-hybridized carbons (Fsp3) is 0.967. The molecule has 0 N–H and O–H groups in total. The van der Waals surface area contributed by atoms with Gasteiger partial charge in [0.05, 0.1) is 132 Å². The van der Waals surface area contributed by atoms with Crippen LogP contribution in [0.2, 0.25) is 0 Å². The zero-order valence-corrected chi connectivity index (χ0v) is 27.3. The molecule has 0 aliphatic heterocycles. The van der Waals surface area contributed by atoms with Crippen molar-refractivity contribution in [1.82, 2.24) is 0 Å². The third-order valence-corrected chi connectivity index (χ3v) is 5.70. The van der Waals surface area contributed by atoms with Crippen LogP contribution in [0.25, 0.3) is 0 Å². The lowest BCUT2D eigenvalue weighted by atomic mass is 10.1. The Kier molecular flexibility index (Phi) is 38.8. The third kappa shape index (κ3) is 39.3. The fourth-order valence-electron chi connectivity index (χ4n) is 3.30. The average molecular weight is 647 g/mol. The highest BCUT2D eigenvalue weighted by molar-refractivity contribution is 6.17. The van der Waals surface area contributed by atoms with Gasteiger partial charge in [-0.3, -0.25) is 4.79 Å². The van der Waals surface area contributed by atoms with E-state index in [1.165, 1.54) is 19.3 Å². The summed E-state index contributed by atoms with van der Waals surface area (Å²) in [6.07, 6.45) is 6.08. The maximum absolute atomic E-state index is 11.6. The molecule has 0 atom stereocenters. The van der Waals surface area contributed by atoms with Gasteiger partial charge in [0.15, 0.2) is 0 Å². The second kappa shape index (κ2) is 39.4. The van der Waals surface area contributed by atoms with E-state index in [9.17, 15) is 4.79 Å². The molecule has 258 valence electrons.